The first-order valence-electron chi connectivity index (χ1n) is 23.2. The van der Waals surface area contributed by atoms with Crippen molar-refractivity contribution in [3.63, 3.8) is 0 Å². The number of hydrogen-bond acceptors (Lipinski definition) is 11. The van der Waals surface area contributed by atoms with Crippen LogP contribution in [-0.2, 0) is 26.2 Å². The van der Waals surface area contributed by atoms with Crippen molar-refractivity contribution in [2.45, 2.75) is 63.4 Å². The first-order chi connectivity index (χ1) is 32.5. The number of H-pyrrole nitrogens is 1. The zero-order valence-electron chi connectivity index (χ0n) is 37.6. The highest BCUT2D eigenvalue weighted by atomic mass is 35.5. The minimum Gasteiger partial charge on any atom is -0.486 e. The predicted octanol–water partition coefficient (Wildman–Crippen LogP) is 6.64. The standard InChI is InChI=1S/C49H53Cl2N11O5/c1-29(45-38(50)26-52-27-39(45)51)67-34-5-8-40-37(24-34)46(56-55-40)33-4-9-42(53-25-33)60-19-21-62(22-20-60)49(66)31-13-17-61(18-14-31)44(64)28-59-15-11-30(12-16-59)32-3-6-35-41(23-32)58(2)57-47(35)36-7-10-43(63)54-48(36)65/h3-6,8-9,23-27,29-31,36H,7,10-22,28H2,1-2H3,(H,55,56)(H,54,63,65)/t29-,36?/m1/s1. The Labute approximate surface area is 397 Å². The molecule has 1 unspecified atom stereocenters. The number of pyridine rings is 2. The Morgan fingerprint density at radius 3 is 2.31 bits per heavy atom. The number of halogens is 2. The van der Waals surface area contributed by atoms with Gasteiger partial charge in [0.25, 0.3) is 0 Å². The van der Waals surface area contributed by atoms with E-state index in [1.54, 1.807) is 12.4 Å². The fourth-order valence-electron chi connectivity index (χ4n) is 10.3. The van der Waals surface area contributed by atoms with Crippen molar-refractivity contribution < 1.29 is 23.9 Å². The number of imide groups is 1. The van der Waals surface area contributed by atoms with E-state index < -0.39 is 12.0 Å². The lowest BCUT2D eigenvalue weighted by Crippen LogP contribution is -2.52. The lowest BCUT2D eigenvalue weighted by Gasteiger charge is -2.39. The molecule has 0 spiro atoms. The molecule has 18 heteroatoms. The van der Waals surface area contributed by atoms with Crippen LogP contribution in [0.2, 0.25) is 10.0 Å². The van der Waals surface area contributed by atoms with Crippen LogP contribution in [0.5, 0.6) is 5.75 Å². The van der Waals surface area contributed by atoms with Gasteiger partial charge in [0.15, 0.2) is 0 Å². The Balaban J connectivity index is 0.669. The number of anilines is 1. The molecule has 6 aromatic rings. The van der Waals surface area contributed by atoms with Gasteiger partial charge in [0, 0.05) is 99.1 Å². The maximum atomic E-state index is 13.7. The number of likely N-dealkylation sites (tertiary alicyclic amines) is 2. The number of nitrogens with one attached hydrogen (secondary N) is 2. The molecular weight excluding hydrogens is 894 g/mol. The van der Waals surface area contributed by atoms with Gasteiger partial charge in [0.2, 0.25) is 23.6 Å². The zero-order valence-corrected chi connectivity index (χ0v) is 39.1. The largest absolute Gasteiger partial charge is 0.486 e. The van der Waals surface area contributed by atoms with Gasteiger partial charge >= 0.3 is 0 Å². The van der Waals surface area contributed by atoms with Crippen molar-refractivity contribution in [3.8, 4) is 17.0 Å². The Kier molecular flexibility index (Phi) is 12.6. The fraction of sp³-hybridized carbons (Fsp3) is 0.429. The zero-order chi connectivity index (χ0) is 46.3. The molecule has 2 atom stereocenters. The molecule has 4 fully saturated rings. The molecule has 16 nitrogen and oxygen atoms in total. The van der Waals surface area contributed by atoms with Crippen molar-refractivity contribution in [3.05, 3.63) is 94.0 Å². The number of hydrogen-bond donors (Lipinski definition) is 2. The molecule has 4 aliphatic rings. The minimum absolute atomic E-state index is 0.0790. The summed E-state index contributed by atoms with van der Waals surface area (Å²) in [5, 5.41) is 17.6. The Morgan fingerprint density at radius 1 is 0.836 bits per heavy atom. The summed E-state index contributed by atoms with van der Waals surface area (Å²) >= 11 is 12.8. The van der Waals surface area contributed by atoms with E-state index in [2.05, 4.69) is 48.5 Å². The molecule has 67 heavy (non-hydrogen) atoms. The van der Waals surface area contributed by atoms with Crippen molar-refractivity contribution in [1.82, 2.24) is 50.0 Å². The number of amides is 4. The van der Waals surface area contributed by atoms with Gasteiger partial charge in [-0.15, -0.1) is 0 Å². The van der Waals surface area contributed by atoms with Crippen LogP contribution in [0.15, 0.2) is 67.1 Å². The predicted molar refractivity (Wildman–Crippen MR) is 255 cm³/mol. The lowest BCUT2D eigenvalue weighted by molar-refractivity contribution is -0.141. The number of aryl methyl sites for hydroxylation is 1. The molecule has 2 aromatic carbocycles. The summed E-state index contributed by atoms with van der Waals surface area (Å²) in [6.45, 7) is 7.77. The van der Waals surface area contributed by atoms with Gasteiger partial charge in [-0.1, -0.05) is 35.3 Å². The van der Waals surface area contributed by atoms with Crippen molar-refractivity contribution in [1.29, 1.82) is 0 Å². The summed E-state index contributed by atoms with van der Waals surface area (Å²) in [5.41, 5.74) is 6.11. The number of nitrogens with zero attached hydrogens (tertiary/aromatic N) is 9. The summed E-state index contributed by atoms with van der Waals surface area (Å²) in [6.07, 6.45) is 8.58. The van der Waals surface area contributed by atoms with Crippen LogP contribution >= 0.6 is 23.2 Å². The number of carbonyl (C=O) groups is 4. The minimum atomic E-state index is -0.427. The van der Waals surface area contributed by atoms with E-state index in [1.807, 2.05) is 65.0 Å². The first kappa shape index (κ1) is 44.7. The smallest absolute Gasteiger partial charge is 0.236 e. The van der Waals surface area contributed by atoms with Crippen molar-refractivity contribution in [2.24, 2.45) is 13.0 Å². The van der Waals surface area contributed by atoms with Gasteiger partial charge in [0.05, 0.1) is 39.2 Å². The fourth-order valence-corrected chi connectivity index (χ4v) is 11.0. The summed E-state index contributed by atoms with van der Waals surface area (Å²) < 4.78 is 8.09. The van der Waals surface area contributed by atoms with E-state index in [0.717, 1.165) is 70.5 Å². The van der Waals surface area contributed by atoms with Gasteiger partial charge in [-0.05, 0) is 100.0 Å². The number of aromatic amines is 1. The molecule has 8 heterocycles. The Morgan fingerprint density at radius 2 is 1.60 bits per heavy atom. The molecule has 2 N–H and O–H groups in total. The van der Waals surface area contributed by atoms with Crippen LogP contribution in [-0.4, -0.2) is 127 Å². The van der Waals surface area contributed by atoms with E-state index in [1.165, 1.54) is 5.56 Å². The average Bonchev–Trinajstić information content (AvgIpc) is 3.91. The van der Waals surface area contributed by atoms with E-state index >= 15 is 0 Å². The molecule has 10 rings (SSSR count). The first-order valence-corrected chi connectivity index (χ1v) is 24.0. The van der Waals surface area contributed by atoms with Crippen molar-refractivity contribution >= 4 is 74.5 Å². The van der Waals surface area contributed by atoms with Crippen LogP contribution in [0.25, 0.3) is 33.1 Å². The Bertz CT molecular complexity index is 2820. The van der Waals surface area contributed by atoms with Gasteiger partial charge in [-0.3, -0.25) is 44.2 Å². The molecule has 0 radical (unpaired) electrons. The number of carbonyl (C=O) groups excluding carboxylic acids is 4. The third-order valence-electron chi connectivity index (χ3n) is 14.2. The third kappa shape index (κ3) is 9.18. The maximum Gasteiger partial charge on any atom is 0.236 e. The number of ether oxygens (including phenoxy) is 1. The van der Waals surface area contributed by atoms with Crippen LogP contribution < -0.4 is 15.0 Å². The second kappa shape index (κ2) is 18.9. The van der Waals surface area contributed by atoms with Gasteiger partial charge < -0.3 is 19.4 Å². The number of fused-ring (bicyclic) bond motifs is 2. The molecule has 0 bridgehead atoms. The number of aromatic nitrogens is 6. The van der Waals surface area contributed by atoms with Gasteiger partial charge in [-0.25, -0.2) is 4.98 Å². The van der Waals surface area contributed by atoms with E-state index in [-0.39, 0.29) is 29.5 Å². The van der Waals surface area contributed by atoms with Crippen LogP contribution in [0.3, 0.4) is 0 Å². The number of piperazine rings is 1. The molecule has 4 amide bonds. The molecule has 0 aliphatic carbocycles. The van der Waals surface area contributed by atoms with E-state index in [9.17, 15) is 19.2 Å². The highest BCUT2D eigenvalue weighted by Gasteiger charge is 2.34. The highest BCUT2D eigenvalue weighted by Crippen LogP contribution is 2.37. The second-order valence-corrected chi connectivity index (χ2v) is 19.1. The quantitative estimate of drug-likeness (QED) is 0.141. The van der Waals surface area contributed by atoms with Gasteiger partial charge in [0.1, 0.15) is 23.4 Å². The monoisotopic (exact) mass is 945 g/mol. The summed E-state index contributed by atoms with van der Waals surface area (Å²) in [6, 6.07) is 16.2. The van der Waals surface area contributed by atoms with E-state index in [0.29, 0.717) is 98.8 Å². The number of rotatable bonds is 10. The SMILES string of the molecule is C[C@@H](Oc1ccc2[nH]nc(-c3ccc(N4CCN(C(=O)C5CCN(C(=O)CN6CCC(c7ccc8c(C9CCC(=O)NC9=O)nn(C)c8c7)CC6)CC5)CC4)nc3)c2c1)c1c(Cl)cncc1Cl. The lowest BCUT2D eigenvalue weighted by atomic mass is 9.88. The highest BCUT2D eigenvalue weighted by molar-refractivity contribution is 6.35. The molecule has 4 saturated heterocycles. The maximum absolute atomic E-state index is 13.7. The Hall–Kier alpha value is -6.10. The van der Waals surface area contributed by atoms with Crippen LogP contribution in [0, 0.1) is 5.92 Å². The summed E-state index contributed by atoms with van der Waals surface area (Å²) in [7, 11) is 1.90. The third-order valence-corrected chi connectivity index (χ3v) is 14.8. The summed E-state index contributed by atoms with van der Waals surface area (Å²) in [5.74, 6) is 1.17. The van der Waals surface area contributed by atoms with Crippen LogP contribution in [0.4, 0.5) is 5.82 Å². The number of piperidine rings is 3. The normalized spacial score (nSPS) is 19.6. The van der Waals surface area contributed by atoms with Crippen LogP contribution in [0.1, 0.15) is 80.2 Å². The topological polar surface area (TPSA) is 175 Å². The van der Waals surface area contributed by atoms with Crippen molar-refractivity contribution in [2.75, 3.05) is 63.8 Å². The number of benzene rings is 2. The molecule has 0 saturated carbocycles. The van der Waals surface area contributed by atoms with E-state index in [4.69, 9.17) is 38.0 Å². The summed E-state index contributed by atoms with van der Waals surface area (Å²) in [4.78, 5) is 68.7. The molecular formula is C49H53Cl2N11O5. The molecule has 348 valence electrons. The van der Waals surface area contributed by atoms with Gasteiger partial charge in [-0.2, -0.15) is 10.2 Å². The molecule has 4 aliphatic heterocycles. The molecule has 4 aromatic heterocycles. The second-order valence-electron chi connectivity index (χ2n) is 18.3. The average molecular weight is 947 g/mol.